The predicted molar refractivity (Wildman–Crippen MR) is 134 cm³/mol. The fraction of sp³-hybridized carbons (Fsp3) is 0.269. The Morgan fingerprint density at radius 1 is 0.969 bits per heavy atom. The van der Waals surface area contributed by atoms with Gasteiger partial charge in [0.2, 0.25) is 0 Å². The van der Waals surface area contributed by atoms with E-state index < -0.39 is 0 Å². The summed E-state index contributed by atoms with van der Waals surface area (Å²) in [6.07, 6.45) is 13.2. The standard InChI is InChI=1S/C14H14N4.C12H16N2/c1-15-14-6-12-5-10(3-4-11(12)7-17-14)13-8-16-9-18(13)2;1-2-11-6-7-13-12(10-11)14-8-4-3-5-9-14/h3-9H,1-2H3,(H,15,17);2,6-7,10H,1,3-5,8-9H2. The van der Waals surface area contributed by atoms with Crippen molar-refractivity contribution in [2.75, 3.05) is 30.4 Å². The molecule has 5 rings (SSSR count). The summed E-state index contributed by atoms with van der Waals surface area (Å²) in [6.45, 7) is 6.06. The molecule has 1 saturated heterocycles. The third kappa shape index (κ3) is 4.97. The molecule has 1 aliphatic heterocycles. The van der Waals surface area contributed by atoms with Crippen LogP contribution < -0.4 is 10.2 Å². The first-order chi connectivity index (χ1) is 15.7. The Balaban J connectivity index is 0.000000158. The first-order valence-electron chi connectivity index (χ1n) is 11.1. The van der Waals surface area contributed by atoms with Crippen molar-refractivity contribution in [1.29, 1.82) is 0 Å². The first kappa shape index (κ1) is 21.6. The summed E-state index contributed by atoms with van der Waals surface area (Å²) < 4.78 is 2.02. The van der Waals surface area contributed by atoms with E-state index in [1.807, 2.05) is 55.7 Å². The highest BCUT2D eigenvalue weighted by Gasteiger charge is 2.11. The van der Waals surface area contributed by atoms with Gasteiger partial charge in [0.15, 0.2) is 0 Å². The highest BCUT2D eigenvalue weighted by Crippen LogP contribution is 2.24. The third-order valence-corrected chi connectivity index (χ3v) is 5.78. The Kier molecular flexibility index (Phi) is 6.80. The SMILES string of the molecule is C=Cc1ccnc(N2CCCCC2)c1.CNc1cc2cc(-c3cncn3C)ccc2cn1. The van der Waals surface area contributed by atoms with Gasteiger partial charge >= 0.3 is 0 Å². The van der Waals surface area contributed by atoms with Gasteiger partial charge < -0.3 is 14.8 Å². The van der Waals surface area contributed by atoms with E-state index in [4.69, 9.17) is 0 Å². The van der Waals surface area contributed by atoms with E-state index in [0.29, 0.717) is 0 Å². The van der Waals surface area contributed by atoms with Crippen molar-refractivity contribution >= 4 is 28.5 Å². The molecular weight excluding hydrogens is 396 g/mol. The molecule has 0 spiro atoms. The lowest BCUT2D eigenvalue weighted by Gasteiger charge is -2.27. The molecule has 1 fully saturated rings. The van der Waals surface area contributed by atoms with Crippen molar-refractivity contribution in [1.82, 2.24) is 19.5 Å². The number of benzene rings is 1. The van der Waals surface area contributed by atoms with Crippen LogP contribution in [0.3, 0.4) is 0 Å². The molecule has 0 bridgehead atoms. The zero-order valence-corrected chi connectivity index (χ0v) is 18.8. The largest absolute Gasteiger partial charge is 0.373 e. The summed E-state index contributed by atoms with van der Waals surface area (Å²) in [5.74, 6) is 1.98. The molecule has 32 heavy (non-hydrogen) atoms. The highest BCUT2D eigenvalue weighted by atomic mass is 15.2. The molecule has 0 amide bonds. The summed E-state index contributed by atoms with van der Waals surface area (Å²) in [7, 11) is 3.87. The number of rotatable bonds is 4. The molecule has 0 aliphatic carbocycles. The Bertz CT molecular complexity index is 1190. The molecule has 4 heterocycles. The van der Waals surface area contributed by atoms with E-state index in [0.717, 1.165) is 46.9 Å². The van der Waals surface area contributed by atoms with Crippen LogP contribution in [0, 0.1) is 0 Å². The van der Waals surface area contributed by atoms with Gasteiger partial charge in [0.05, 0.1) is 18.2 Å². The molecule has 4 aromatic rings. The minimum Gasteiger partial charge on any atom is -0.373 e. The molecule has 1 aromatic carbocycles. The van der Waals surface area contributed by atoms with Crippen molar-refractivity contribution in [2.24, 2.45) is 7.05 Å². The van der Waals surface area contributed by atoms with Crippen LogP contribution in [0.2, 0.25) is 0 Å². The van der Waals surface area contributed by atoms with Crippen LogP contribution in [0.4, 0.5) is 11.6 Å². The molecule has 3 aromatic heterocycles. The van der Waals surface area contributed by atoms with E-state index >= 15 is 0 Å². The molecule has 0 saturated carbocycles. The third-order valence-electron chi connectivity index (χ3n) is 5.78. The van der Waals surface area contributed by atoms with Gasteiger partial charge in [0.1, 0.15) is 11.6 Å². The molecule has 6 heteroatoms. The number of hydrogen-bond acceptors (Lipinski definition) is 5. The monoisotopic (exact) mass is 426 g/mol. The van der Waals surface area contributed by atoms with Crippen LogP contribution >= 0.6 is 0 Å². The van der Waals surface area contributed by atoms with Crippen molar-refractivity contribution in [3.8, 4) is 11.3 Å². The molecule has 0 radical (unpaired) electrons. The van der Waals surface area contributed by atoms with E-state index in [-0.39, 0.29) is 0 Å². The van der Waals surface area contributed by atoms with Gasteiger partial charge in [-0.3, -0.25) is 0 Å². The molecule has 0 unspecified atom stereocenters. The topological polar surface area (TPSA) is 58.9 Å². The zero-order chi connectivity index (χ0) is 22.3. The van der Waals surface area contributed by atoms with E-state index in [1.165, 1.54) is 24.6 Å². The first-order valence-corrected chi connectivity index (χ1v) is 11.1. The van der Waals surface area contributed by atoms with Gasteiger partial charge in [-0.1, -0.05) is 24.8 Å². The maximum atomic E-state index is 4.39. The molecule has 1 N–H and O–H groups in total. The highest BCUT2D eigenvalue weighted by molar-refractivity contribution is 5.88. The van der Waals surface area contributed by atoms with Crippen LogP contribution in [-0.2, 0) is 7.05 Å². The fourth-order valence-corrected chi connectivity index (χ4v) is 3.93. The van der Waals surface area contributed by atoms with Crippen LogP contribution in [-0.4, -0.2) is 39.7 Å². The zero-order valence-electron chi connectivity index (χ0n) is 18.8. The van der Waals surface area contributed by atoms with Crippen LogP contribution in [0.15, 0.2) is 67.9 Å². The van der Waals surface area contributed by atoms with E-state index in [9.17, 15) is 0 Å². The van der Waals surface area contributed by atoms with Gasteiger partial charge in [-0.15, -0.1) is 0 Å². The lowest BCUT2D eigenvalue weighted by molar-refractivity contribution is 0.573. The summed E-state index contributed by atoms with van der Waals surface area (Å²) in [4.78, 5) is 15.2. The quantitative estimate of drug-likeness (QED) is 0.474. The number of aromatic nitrogens is 4. The lowest BCUT2D eigenvalue weighted by Crippen LogP contribution is -2.30. The van der Waals surface area contributed by atoms with Crippen LogP contribution in [0.1, 0.15) is 24.8 Å². The second-order valence-corrected chi connectivity index (χ2v) is 7.97. The number of hydrogen-bond donors (Lipinski definition) is 1. The van der Waals surface area contributed by atoms with Crippen LogP contribution in [0.5, 0.6) is 0 Å². The average Bonchev–Trinajstić information content (AvgIpc) is 3.30. The molecular formula is C26H30N6. The second kappa shape index (κ2) is 10.1. The Morgan fingerprint density at radius 2 is 1.81 bits per heavy atom. The Morgan fingerprint density at radius 3 is 2.53 bits per heavy atom. The number of pyridine rings is 2. The van der Waals surface area contributed by atoms with Crippen LogP contribution in [0.25, 0.3) is 28.1 Å². The van der Waals surface area contributed by atoms with E-state index in [2.05, 4.69) is 62.1 Å². The summed E-state index contributed by atoms with van der Waals surface area (Å²) in [5.41, 5.74) is 3.43. The number of anilines is 2. The predicted octanol–water partition coefficient (Wildman–Crippen LogP) is 5.39. The second-order valence-electron chi connectivity index (χ2n) is 7.97. The number of fused-ring (bicyclic) bond motifs is 1. The molecule has 164 valence electrons. The normalized spacial score (nSPS) is 13.4. The van der Waals surface area contributed by atoms with Gasteiger partial charge in [-0.05, 0) is 54.5 Å². The molecule has 0 atom stereocenters. The van der Waals surface area contributed by atoms with Gasteiger partial charge in [-0.2, -0.15) is 0 Å². The molecule has 6 nitrogen and oxygen atoms in total. The Labute approximate surface area is 189 Å². The van der Waals surface area contributed by atoms with Gasteiger partial charge in [0, 0.05) is 50.5 Å². The minimum absolute atomic E-state index is 0.879. The van der Waals surface area contributed by atoms with Crippen molar-refractivity contribution in [3.63, 3.8) is 0 Å². The summed E-state index contributed by atoms with van der Waals surface area (Å²) in [5, 5.41) is 5.37. The van der Waals surface area contributed by atoms with Gasteiger partial charge in [0.25, 0.3) is 0 Å². The lowest BCUT2D eigenvalue weighted by atomic mass is 10.1. The number of piperidine rings is 1. The number of nitrogens with zero attached hydrogens (tertiary/aromatic N) is 5. The summed E-state index contributed by atoms with van der Waals surface area (Å²) in [6, 6.07) is 12.5. The smallest absolute Gasteiger partial charge is 0.129 e. The number of aryl methyl sites for hydroxylation is 1. The van der Waals surface area contributed by atoms with E-state index in [1.54, 1.807) is 0 Å². The van der Waals surface area contributed by atoms with Crippen molar-refractivity contribution in [2.45, 2.75) is 19.3 Å². The maximum Gasteiger partial charge on any atom is 0.129 e. The fourth-order valence-electron chi connectivity index (χ4n) is 3.93. The summed E-state index contributed by atoms with van der Waals surface area (Å²) >= 11 is 0. The van der Waals surface area contributed by atoms with Gasteiger partial charge in [-0.25, -0.2) is 15.0 Å². The number of nitrogens with one attached hydrogen (secondary N) is 1. The van der Waals surface area contributed by atoms with Crippen molar-refractivity contribution in [3.05, 3.63) is 73.5 Å². The number of imidazole rings is 1. The Hall–Kier alpha value is -3.67. The minimum atomic E-state index is 0.879. The molecule has 1 aliphatic rings. The van der Waals surface area contributed by atoms with Crippen molar-refractivity contribution < 1.29 is 0 Å². The maximum absolute atomic E-state index is 4.39. The average molecular weight is 427 g/mol.